The minimum Gasteiger partial charge on any atom is -0.433 e. The third-order valence-electron chi connectivity index (χ3n) is 2.59. The fourth-order valence-electron chi connectivity index (χ4n) is 1.54. The molecule has 0 saturated carbocycles. The van der Waals surface area contributed by atoms with Crippen LogP contribution in [0.25, 0.3) is 0 Å². The number of hydrogen-bond donors (Lipinski definition) is 1. The second-order valence-corrected chi connectivity index (χ2v) is 3.98. The van der Waals surface area contributed by atoms with Crippen LogP contribution in [0.3, 0.4) is 0 Å². The van der Waals surface area contributed by atoms with Crippen molar-refractivity contribution in [3.05, 3.63) is 50.3 Å². The third kappa shape index (κ3) is 2.83. The summed E-state index contributed by atoms with van der Waals surface area (Å²) in [5.74, 6) is -0.658. The molecule has 0 radical (unpaired) electrons. The van der Waals surface area contributed by atoms with Crippen molar-refractivity contribution in [1.29, 1.82) is 0 Å². The molecule has 0 aliphatic carbocycles. The predicted octanol–water partition coefficient (Wildman–Crippen LogP) is 1.98. The van der Waals surface area contributed by atoms with Crippen molar-refractivity contribution >= 4 is 17.2 Å². The van der Waals surface area contributed by atoms with E-state index in [9.17, 15) is 20.2 Å². The number of nitrogen functional groups attached to an aromatic ring is 1. The number of nitrogens with zero attached hydrogens (tertiary/aromatic N) is 4. The van der Waals surface area contributed by atoms with Gasteiger partial charge in [0.15, 0.2) is 0 Å². The first-order chi connectivity index (χ1) is 9.90. The summed E-state index contributed by atoms with van der Waals surface area (Å²) in [6.07, 6.45) is 1.00. The van der Waals surface area contributed by atoms with E-state index in [-0.39, 0.29) is 23.1 Å². The minimum absolute atomic E-state index is 0.0744. The summed E-state index contributed by atoms with van der Waals surface area (Å²) < 4.78 is 5.30. The molecule has 10 nitrogen and oxygen atoms in total. The number of aromatic nitrogens is 2. The Bertz CT molecular complexity index is 733. The Hall–Kier alpha value is -3.30. The van der Waals surface area contributed by atoms with Gasteiger partial charge >= 0.3 is 11.6 Å². The van der Waals surface area contributed by atoms with E-state index in [0.29, 0.717) is 5.56 Å². The van der Waals surface area contributed by atoms with Crippen LogP contribution in [0.1, 0.15) is 5.56 Å². The molecule has 1 aromatic heterocycles. The van der Waals surface area contributed by atoms with Crippen LogP contribution in [0.4, 0.5) is 17.2 Å². The van der Waals surface area contributed by atoms with Gasteiger partial charge in [0.1, 0.15) is 12.1 Å². The zero-order valence-corrected chi connectivity index (χ0v) is 10.7. The zero-order valence-electron chi connectivity index (χ0n) is 10.7. The van der Waals surface area contributed by atoms with Gasteiger partial charge in [0.05, 0.1) is 15.9 Å². The number of aryl methyl sites for hydroxylation is 1. The Morgan fingerprint density at radius 3 is 2.52 bits per heavy atom. The lowest BCUT2D eigenvalue weighted by Gasteiger charge is -2.08. The number of ether oxygens (including phenoxy) is 1. The summed E-state index contributed by atoms with van der Waals surface area (Å²) in [5, 5.41) is 21.7. The first kappa shape index (κ1) is 14.1. The molecule has 0 aliphatic rings. The van der Waals surface area contributed by atoms with Gasteiger partial charge < -0.3 is 10.5 Å². The van der Waals surface area contributed by atoms with Crippen LogP contribution in [0.2, 0.25) is 0 Å². The topological polar surface area (TPSA) is 147 Å². The Balaban J connectivity index is 2.48. The van der Waals surface area contributed by atoms with Gasteiger partial charge in [-0.15, -0.1) is 0 Å². The van der Waals surface area contributed by atoms with Crippen LogP contribution in [-0.2, 0) is 0 Å². The van der Waals surface area contributed by atoms with Gasteiger partial charge in [-0.05, 0) is 18.6 Å². The molecule has 0 fully saturated rings. The normalized spacial score (nSPS) is 10.1. The van der Waals surface area contributed by atoms with Gasteiger partial charge in [0.25, 0.3) is 5.69 Å². The maximum absolute atomic E-state index is 11.0. The summed E-state index contributed by atoms with van der Waals surface area (Å²) in [6, 6.07) is 3.91. The average molecular weight is 291 g/mol. The summed E-state index contributed by atoms with van der Waals surface area (Å²) in [4.78, 5) is 27.5. The molecule has 1 aromatic carbocycles. The van der Waals surface area contributed by atoms with Gasteiger partial charge in [-0.2, -0.15) is 4.98 Å². The number of anilines is 1. The molecule has 21 heavy (non-hydrogen) atoms. The molecule has 0 unspecified atom stereocenters. The Morgan fingerprint density at radius 2 is 1.90 bits per heavy atom. The molecule has 2 rings (SSSR count). The van der Waals surface area contributed by atoms with Gasteiger partial charge in [0, 0.05) is 6.07 Å². The quantitative estimate of drug-likeness (QED) is 0.663. The Kier molecular flexibility index (Phi) is 3.61. The maximum Gasteiger partial charge on any atom is 0.372 e. The molecular formula is C11H9N5O5. The number of rotatable bonds is 4. The van der Waals surface area contributed by atoms with Crippen LogP contribution in [-0.4, -0.2) is 19.8 Å². The fraction of sp³-hybridized carbons (Fsp3) is 0.0909. The number of nitro groups is 2. The molecule has 2 aromatic rings. The number of benzene rings is 1. The minimum atomic E-state index is -0.780. The van der Waals surface area contributed by atoms with Crippen molar-refractivity contribution < 1.29 is 14.6 Å². The number of nitrogens with two attached hydrogens (primary N) is 1. The molecule has 0 saturated heterocycles. The van der Waals surface area contributed by atoms with Crippen LogP contribution >= 0.6 is 0 Å². The van der Waals surface area contributed by atoms with Crippen molar-refractivity contribution in [2.75, 3.05) is 5.73 Å². The highest BCUT2D eigenvalue weighted by atomic mass is 16.6. The molecule has 0 amide bonds. The van der Waals surface area contributed by atoms with Gasteiger partial charge in [-0.25, -0.2) is 4.98 Å². The van der Waals surface area contributed by atoms with E-state index < -0.39 is 15.5 Å². The largest absolute Gasteiger partial charge is 0.433 e. The van der Waals surface area contributed by atoms with E-state index in [1.165, 1.54) is 12.1 Å². The predicted molar refractivity (Wildman–Crippen MR) is 71.0 cm³/mol. The molecule has 1 heterocycles. The van der Waals surface area contributed by atoms with E-state index in [2.05, 4.69) is 9.97 Å². The summed E-state index contributed by atoms with van der Waals surface area (Å²) in [5.41, 5.74) is 5.16. The SMILES string of the molecule is Cc1ccc([N+](=O)[O-])cc1Oc1ncnc(N)c1[N+](=O)[O-]. The van der Waals surface area contributed by atoms with Crippen LogP contribution in [0.5, 0.6) is 11.6 Å². The molecular weight excluding hydrogens is 282 g/mol. The lowest BCUT2D eigenvalue weighted by Crippen LogP contribution is -2.03. The van der Waals surface area contributed by atoms with Crippen LogP contribution in [0, 0.1) is 27.2 Å². The first-order valence-electron chi connectivity index (χ1n) is 5.58. The monoisotopic (exact) mass is 291 g/mol. The molecule has 2 N–H and O–H groups in total. The fourth-order valence-corrected chi connectivity index (χ4v) is 1.54. The number of nitro benzene ring substituents is 1. The van der Waals surface area contributed by atoms with Crippen molar-refractivity contribution in [2.45, 2.75) is 6.92 Å². The summed E-state index contributed by atoms with van der Waals surface area (Å²) >= 11 is 0. The van der Waals surface area contributed by atoms with Crippen molar-refractivity contribution in [3.8, 4) is 11.6 Å². The number of non-ortho nitro benzene ring substituents is 1. The smallest absolute Gasteiger partial charge is 0.372 e. The van der Waals surface area contributed by atoms with Gasteiger partial charge in [-0.3, -0.25) is 20.2 Å². The standard InChI is InChI=1S/C11H9N5O5/c1-6-2-3-7(15(17)18)4-8(6)21-11-9(16(19)20)10(12)13-5-14-11/h2-5H,1H3,(H2,12,13,14). The Morgan fingerprint density at radius 1 is 1.19 bits per heavy atom. The van der Waals surface area contributed by atoms with Crippen LogP contribution < -0.4 is 10.5 Å². The first-order valence-corrected chi connectivity index (χ1v) is 5.58. The summed E-state index contributed by atoms with van der Waals surface area (Å²) in [6.45, 7) is 1.63. The molecule has 0 spiro atoms. The maximum atomic E-state index is 11.0. The molecule has 10 heteroatoms. The van der Waals surface area contributed by atoms with Crippen molar-refractivity contribution in [1.82, 2.24) is 9.97 Å². The van der Waals surface area contributed by atoms with E-state index in [0.717, 1.165) is 12.4 Å². The van der Waals surface area contributed by atoms with Crippen molar-refractivity contribution in [2.24, 2.45) is 0 Å². The highest BCUT2D eigenvalue weighted by Crippen LogP contribution is 2.34. The van der Waals surface area contributed by atoms with E-state index in [1.54, 1.807) is 6.92 Å². The molecule has 0 atom stereocenters. The molecule has 108 valence electrons. The van der Waals surface area contributed by atoms with E-state index >= 15 is 0 Å². The molecule has 0 bridgehead atoms. The third-order valence-corrected chi connectivity index (χ3v) is 2.59. The lowest BCUT2D eigenvalue weighted by molar-refractivity contribution is -0.385. The lowest BCUT2D eigenvalue weighted by atomic mass is 10.2. The van der Waals surface area contributed by atoms with Crippen molar-refractivity contribution in [3.63, 3.8) is 0 Å². The zero-order chi connectivity index (χ0) is 15.6. The molecule has 0 aliphatic heterocycles. The highest BCUT2D eigenvalue weighted by Gasteiger charge is 2.24. The second kappa shape index (κ2) is 5.36. The van der Waals surface area contributed by atoms with E-state index in [4.69, 9.17) is 10.5 Å². The average Bonchev–Trinajstić information content (AvgIpc) is 2.40. The highest BCUT2D eigenvalue weighted by molar-refractivity contribution is 5.59. The Labute approximate surface area is 117 Å². The summed E-state index contributed by atoms with van der Waals surface area (Å²) in [7, 11) is 0. The van der Waals surface area contributed by atoms with Gasteiger partial charge in [-0.1, -0.05) is 0 Å². The van der Waals surface area contributed by atoms with Crippen LogP contribution in [0.15, 0.2) is 24.5 Å². The number of hydrogen-bond acceptors (Lipinski definition) is 8. The second-order valence-electron chi connectivity index (χ2n) is 3.98. The van der Waals surface area contributed by atoms with E-state index in [1.807, 2.05) is 0 Å². The van der Waals surface area contributed by atoms with Gasteiger partial charge in [0.2, 0.25) is 5.82 Å².